The Kier molecular flexibility index (Phi) is 7.42. The Morgan fingerprint density at radius 2 is 1.94 bits per heavy atom. The van der Waals surface area contributed by atoms with Gasteiger partial charge in [0, 0.05) is 30.4 Å². The number of ether oxygens (including phenoxy) is 1. The van der Waals surface area contributed by atoms with E-state index in [0.717, 1.165) is 42.3 Å². The molecule has 0 atom stereocenters. The van der Waals surface area contributed by atoms with Crippen LogP contribution in [0.15, 0.2) is 36.4 Å². The number of hydrogen-bond acceptors (Lipinski definition) is 7. The summed E-state index contributed by atoms with van der Waals surface area (Å²) in [5, 5.41) is 33.5. The molecule has 0 amide bonds. The first-order valence-corrected chi connectivity index (χ1v) is 11.9. The zero-order chi connectivity index (χ0) is 25.0. The molecule has 2 N–H and O–H groups in total. The summed E-state index contributed by atoms with van der Waals surface area (Å²) in [6, 6.07) is 13.2. The molecule has 0 aliphatic carbocycles. The minimum Gasteiger partial charge on any atom is -0.495 e. The molecule has 1 aromatic heterocycles. The molecule has 0 bridgehead atoms. The number of methoxy groups -OCH3 is 1. The largest absolute Gasteiger partial charge is 0.495 e. The summed E-state index contributed by atoms with van der Waals surface area (Å²) in [5.74, 6) is 7.77. The standard InChI is InChI=1S/C27H28ClN5O2/c1-27(2,33-12-9-20(34)10-13-33)11-8-24-21-6-4-18(16-29)14-22(21)26(32-31-24)30-17-19-5-7-25(35-3)23(28)15-19/h4-7,14-15,20,34H,9-10,12-13,17H2,1-3H3,(H,30,32). The Morgan fingerprint density at radius 3 is 2.63 bits per heavy atom. The first-order valence-electron chi connectivity index (χ1n) is 11.5. The van der Waals surface area contributed by atoms with Crippen molar-refractivity contribution in [1.82, 2.24) is 15.1 Å². The molecule has 3 aromatic rings. The van der Waals surface area contributed by atoms with Crippen LogP contribution in [-0.4, -0.2) is 52.0 Å². The number of rotatable bonds is 5. The Labute approximate surface area is 210 Å². The molecule has 180 valence electrons. The molecule has 7 nitrogen and oxygen atoms in total. The lowest BCUT2D eigenvalue weighted by Crippen LogP contribution is -2.48. The number of benzene rings is 2. The van der Waals surface area contributed by atoms with Crippen molar-refractivity contribution in [3.63, 3.8) is 0 Å². The highest BCUT2D eigenvalue weighted by atomic mass is 35.5. The Bertz CT molecular complexity index is 1330. The maximum Gasteiger partial charge on any atom is 0.156 e. The number of halogens is 1. The van der Waals surface area contributed by atoms with Gasteiger partial charge in [0.15, 0.2) is 5.82 Å². The molecule has 0 radical (unpaired) electrons. The van der Waals surface area contributed by atoms with Gasteiger partial charge in [-0.25, -0.2) is 0 Å². The number of hydrogen-bond donors (Lipinski definition) is 2. The number of anilines is 1. The minimum atomic E-state index is -0.370. The molecule has 1 saturated heterocycles. The van der Waals surface area contributed by atoms with E-state index >= 15 is 0 Å². The van der Waals surface area contributed by atoms with Gasteiger partial charge >= 0.3 is 0 Å². The molecular weight excluding hydrogens is 462 g/mol. The van der Waals surface area contributed by atoms with E-state index in [2.05, 4.69) is 52.2 Å². The van der Waals surface area contributed by atoms with E-state index in [1.807, 2.05) is 24.3 Å². The predicted octanol–water partition coefficient (Wildman–Crippen LogP) is 4.36. The highest BCUT2D eigenvalue weighted by Crippen LogP contribution is 2.28. The maximum atomic E-state index is 9.82. The predicted molar refractivity (Wildman–Crippen MR) is 137 cm³/mol. The van der Waals surface area contributed by atoms with Gasteiger partial charge in [0.1, 0.15) is 11.4 Å². The van der Waals surface area contributed by atoms with E-state index in [1.165, 1.54) is 0 Å². The van der Waals surface area contributed by atoms with Gasteiger partial charge in [-0.1, -0.05) is 29.7 Å². The summed E-state index contributed by atoms with van der Waals surface area (Å²) in [4.78, 5) is 2.28. The second-order valence-corrected chi connectivity index (χ2v) is 9.53. The smallest absolute Gasteiger partial charge is 0.156 e. The molecule has 0 saturated carbocycles. The topological polar surface area (TPSA) is 94.3 Å². The number of likely N-dealkylation sites (tertiary alicyclic amines) is 1. The van der Waals surface area contributed by atoms with Crippen LogP contribution in [0.4, 0.5) is 5.82 Å². The van der Waals surface area contributed by atoms with E-state index in [-0.39, 0.29) is 11.6 Å². The van der Waals surface area contributed by atoms with Crippen molar-refractivity contribution >= 4 is 28.2 Å². The van der Waals surface area contributed by atoms with Crippen LogP contribution in [-0.2, 0) is 6.54 Å². The maximum absolute atomic E-state index is 9.82. The number of aliphatic hydroxyl groups excluding tert-OH is 1. The van der Waals surface area contributed by atoms with E-state index in [4.69, 9.17) is 16.3 Å². The van der Waals surface area contributed by atoms with Crippen LogP contribution in [0.1, 0.15) is 43.5 Å². The fourth-order valence-electron chi connectivity index (χ4n) is 4.17. The highest BCUT2D eigenvalue weighted by molar-refractivity contribution is 6.32. The quantitative estimate of drug-likeness (QED) is 0.514. The van der Waals surface area contributed by atoms with Gasteiger partial charge in [-0.05, 0) is 62.4 Å². The third kappa shape index (κ3) is 5.66. The Morgan fingerprint density at radius 1 is 1.17 bits per heavy atom. The lowest BCUT2D eigenvalue weighted by molar-refractivity contribution is 0.0508. The molecule has 1 aliphatic rings. The average Bonchev–Trinajstić information content (AvgIpc) is 2.86. The van der Waals surface area contributed by atoms with Gasteiger partial charge in [0.25, 0.3) is 0 Å². The van der Waals surface area contributed by atoms with Gasteiger partial charge in [-0.15, -0.1) is 10.2 Å². The third-order valence-corrected chi connectivity index (χ3v) is 6.62. The number of fused-ring (bicyclic) bond motifs is 1. The van der Waals surface area contributed by atoms with E-state index in [0.29, 0.717) is 34.4 Å². The number of aliphatic hydroxyl groups is 1. The second kappa shape index (κ2) is 10.5. The zero-order valence-corrected chi connectivity index (χ0v) is 20.9. The first kappa shape index (κ1) is 24.8. The van der Waals surface area contributed by atoms with Gasteiger partial charge in [0.05, 0.1) is 35.4 Å². The van der Waals surface area contributed by atoms with Crippen LogP contribution in [0.5, 0.6) is 5.75 Å². The van der Waals surface area contributed by atoms with Gasteiger partial charge in [-0.2, -0.15) is 5.26 Å². The summed E-state index contributed by atoms with van der Waals surface area (Å²) in [7, 11) is 1.58. The van der Waals surface area contributed by atoms with Crippen LogP contribution in [0.3, 0.4) is 0 Å². The van der Waals surface area contributed by atoms with Crippen LogP contribution in [0.2, 0.25) is 5.02 Å². The van der Waals surface area contributed by atoms with Crippen molar-refractivity contribution in [2.75, 3.05) is 25.5 Å². The zero-order valence-electron chi connectivity index (χ0n) is 20.1. The molecule has 1 fully saturated rings. The minimum absolute atomic E-state index is 0.229. The SMILES string of the molecule is COc1ccc(CNc2nnc(C#CC(C)(C)N3CCC(O)CC3)c3ccc(C#N)cc23)cc1Cl. The van der Waals surface area contributed by atoms with Crippen molar-refractivity contribution in [3.8, 4) is 23.7 Å². The van der Waals surface area contributed by atoms with Gasteiger partial charge < -0.3 is 15.2 Å². The van der Waals surface area contributed by atoms with E-state index in [9.17, 15) is 10.4 Å². The fourth-order valence-corrected chi connectivity index (χ4v) is 4.45. The lowest BCUT2D eigenvalue weighted by Gasteiger charge is -2.38. The molecule has 1 aliphatic heterocycles. The Balaban J connectivity index is 1.63. The number of piperidine rings is 1. The van der Waals surface area contributed by atoms with Crippen molar-refractivity contribution in [2.45, 2.75) is 44.9 Å². The van der Waals surface area contributed by atoms with E-state index in [1.54, 1.807) is 19.2 Å². The normalized spacial score (nSPS) is 14.7. The molecule has 4 rings (SSSR count). The second-order valence-electron chi connectivity index (χ2n) is 9.12. The summed E-state index contributed by atoms with van der Waals surface area (Å²) in [5.41, 5.74) is 1.69. The highest BCUT2D eigenvalue weighted by Gasteiger charge is 2.28. The third-order valence-electron chi connectivity index (χ3n) is 6.33. The van der Waals surface area contributed by atoms with Crippen molar-refractivity contribution in [3.05, 3.63) is 58.2 Å². The van der Waals surface area contributed by atoms with Crippen LogP contribution in [0, 0.1) is 23.2 Å². The number of nitriles is 1. The lowest BCUT2D eigenvalue weighted by atomic mass is 9.97. The molecule has 8 heteroatoms. The van der Waals surface area contributed by atoms with Gasteiger partial charge in [0.2, 0.25) is 0 Å². The summed E-state index contributed by atoms with van der Waals surface area (Å²) in [6.07, 6.45) is 1.28. The molecule has 2 aromatic carbocycles. The van der Waals surface area contributed by atoms with Crippen molar-refractivity contribution in [1.29, 1.82) is 5.26 Å². The first-order chi connectivity index (χ1) is 16.8. The molecular formula is C27H28ClN5O2. The van der Waals surface area contributed by atoms with E-state index < -0.39 is 0 Å². The van der Waals surface area contributed by atoms with Crippen molar-refractivity contribution < 1.29 is 9.84 Å². The number of nitrogens with one attached hydrogen (secondary N) is 1. The summed E-state index contributed by atoms with van der Waals surface area (Å²) >= 11 is 6.25. The number of aromatic nitrogens is 2. The van der Waals surface area contributed by atoms with Crippen molar-refractivity contribution in [2.24, 2.45) is 0 Å². The monoisotopic (exact) mass is 489 g/mol. The van der Waals surface area contributed by atoms with Crippen LogP contribution < -0.4 is 10.1 Å². The van der Waals surface area contributed by atoms with Crippen LogP contribution >= 0.6 is 11.6 Å². The molecule has 0 spiro atoms. The van der Waals surface area contributed by atoms with Crippen LogP contribution in [0.25, 0.3) is 10.8 Å². The summed E-state index contributed by atoms with van der Waals surface area (Å²) in [6.45, 7) is 6.25. The molecule has 2 heterocycles. The Hall–Kier alpha value is -3.36. The average molecular weight is 490 g/mol. The molecule has 0 unspecified atom stereocenters. The fraction of sp³-hybridized carbons (Fsp3) is 0.370. The number of nitrogens with zero attached hydrogens (tertiary/aromatic N) is 4. The molecule has 35 heavy (non-hydrogen) atoms. The summed E-state index contributed by atoms with van der Waals surface area (Å²) < 4.78 is 5.22. The van der Waals surface area contributed by atoms with Gasteiger partial charge in [-0.3, -0.25) is 4.90 Å².